The second-order valence-electron chi connectivity index (χ2n) is 6.49. The van der Waals surface area contributed by atoms with Crippen LogP contribution in [0.3, 0.4) is 0 Å². The summed E-state index contributed by atoms with van der Waals surface area (Å²) in [5.74, 6) is -0.0436. The van der Waals surface area contributed by atoms with Crippen molar-refractivity contribution >= 4 is 29.0 Å². The van der Waals surface area contributed by atoms with Gasteiger partial charge in [0.25, 0.3) is 11.8 Å². The molecule has 3 rings (SSSR count). The highest BCUT2D eigenvalue weighted by Crippen LogP contribution is 2.23. The van der Waals surface area contributed by atoms with Crippen LogP contribution < -0.4 is 10.6 Å². The highest BCUT2D eigenvalue weighted by molar-refractivity contribution is 6.23. The average Bonchev–Trinajstić information content (AvgIpc) is 3.08. The molecule has 1 heterocycles. The quantitative estimate of drug-likeness (QED) is 0.442. The van der Waals surface area contributed by atoms with Crippen molar-refractivity contribution in [1.29, 1.82) is 5.41 Å². The fourth-order valence-electron chi connectivity index (χ4n) is 2.60. The number of nitrogens with zero attached hydrogens (tertiary/aromatic N) is 2. The molecule has 146 valence electrons. The Labute approximate surface area is 168 Å². The molecule has 0 aliphatic rings. The van der Waals surface area contributed by atoms with Crippen LogP contribution in [0.2, 0.25) is 0 Å². The van der Waals surface area contributed by atoms with E-state index >= 15 is 0 Å². The van der Waals surface area contributed by atoms with E-state index in [-0.39, 0.29) is 17.2 Å². The third-order valence-corrected chi connectivity index (χ3v) is 4.32. The number of benzene rings is 2. The number of aromatic nitrogens is 2. The molecule has 3 aromatic rings. The Morgan fingerprint density at radius 2 is 1.69 bits per heavy atom. The van der Waals surface area contributed by atoms with Crippen molar-refractivity contribution < 1.29 is 9.59 Å². The van der Waals surface area contributed by atoms with Crippen molar-refractivity contribution in [2.45, 2.75) is 6.92 Å². The first kappa shape index (κ1) is 19.8. The smallest absolute Gasteiger partial charge is 0.256 e. The Balaban J connectivity index is 1.72. The summed E-state index contributed by atoms with van der Waals surface area (Å²) in [5.41, 5.74) is 2.93. The number of carbonyl (C=O) groups excluding carboxylic acids is 2. The molecule has 7 heteroatoms. The lowest BCUT2D eigenvalue weighted by molar-refractivity contribution is -0.112. The van der Waals surface area contributed by atoms with Gasteiger partial charge in [-0.1, -0.05) is 36.9 Å². The van der Waals surface area contributed by atoms with E-state index in [9.17, 15) is 9.59 Å². The van der Waals surface area contributed by atoms with Crippen LogP contribution in [0, 0.1) is 5.41 Å². The van der Waals surface area contributed by atoms with Gasteiger partial charge in [0.05, 0.1) is 11.3 Å². The molecule has 2 amide bonds. The zero-order chi connectivity index (χ0) is 21.0. The maximum absolute atomic E-state index is 12.3. The molecule has 0 bridgehead atoms. The summed E-state index contributed by atoms with van der Waals surface area (Å²) in [6.45, 7) is 5.10. The van der Waals surface area contributed by atoms with Gasteiger partial charge in [0.1, 0.15) is 5.82 Å². The minimum Gasteiger partial charge on any atom is -0.322 e. The molecule has 0 aliphatic heterocycles. The molecule has 0 radical (unpaired) electrons. The van der Waals surface area contributed by atoms with E-state index in [1.54, 1.807) is 42.1 Å². The molecule has 0 unspecified atom stereocenters. The van der Waals surface area contributed by atoms with E-state index in [0.717, 1.165) is 5.56 Å². The molecular formula is C22H21N5O2. The average molecular weight is 387 g/mol. The fourth-order valence-corrected chi connectivity index (χ4v) is 2.60. The van der Waals surface area contributed by atoms with Crippen molar-refractivity contribution in [1.82, 2.24) is 9.78 Å². The van der Waals surface area contributed by atoms with Crippen molar-refractivity contribution in [3.8, 4) is 11.3 Å². The van der Waals surface area contributed by atoms with Crippen LogP contribution in [0.4, 0.5) is 11.5 Å². The molecule has 0 spiro atoms. The molecular weight excluding hydrogens is 366 g/mol. The molecule has 0 saturated carbocycles. The highest BCUT2D eigenvalue weighted by atomic mass is 16.2. The second-order valence-corrected chi connectivity index (χ2v) is 6.49. The van der Waals surface area contributed by atoms with E-state index in [1.807, 2.05) is 30.3 Å². The minimum atomic E-state index is -0.408. The molecule has 0 atom stereocenters. The Hall–Kier alpha value is -4.00. The number of carbonyl (C=O) groups is 2. The van der Waals surface area contributed by atoms with Crippen molar-refractivity contribution in [2.24, 2.45) is 7.05 Å². The summed E-state index contributed by atoms with van der Waals surface area (Å²) in [6.07, 6.45) is 0. The predicted octanol–water partition coefficient (Wildman–Crippen LogP) is 3.87. The fraction of sp³-hybridized carbons (Fsp3) is 0.0909. The molecule has 0 aliphatic carbocycles. The van der Waals surface area contributed by atoms with Gasteiger partial charge in [-0.3, -0.25) is 14.3 Å². The molecule has 2 aromatic carbocycles. The lowest BCUT2D eigenvalue weighted by Gasteiger charge is -2.07. The molecule has 0 fully saturated rings. The normalized spacial score (nSPS) is 10.3. The van der Waals surface area contributed by atoms with Crippen LogP contribution in [-0.2, 0) is 11.8 Å². The lowest BCUT2D eigenvalue weighted by Crippen LogP contribution is -2.17. The Kier molecular flexibility index (Phi) is 5.69. The van der Waals surface area contributed by atoms with Crippen LogP contribution in [0.25, 0.3) is 11.3 Å². The van der Waals surface area contributed by atoms with Gasteiger partial charge in [-0.15, -0.1) is 0 Å². The van der Waals surface area contributed by atoms with Crippen molar-refractivity contribution in [3.05, 3.63) is 78.4 Å². The number of aryl methyl sites for hydroxylation is 1. The van der Waals surface area contributed by atoms with Gasteiger partial charge in [-0.25, -0.2) is 0 Å². The number of hydrogen-bond donors (Lipinski definition) is 3. The van der Waals surface area contributed by atoms with Crippen LogP contribution in [0.15, 0.2) is 72.8 Å². The highest BCUT2D eigenvalue weighted by Gasteiger charge is 2.12. The van der Waals surface area contributed by atoms with Gasteiger partial charge in [0, 0.05) is 35.6 Å². The maximum atomic E-state index is 12.3. The largest absolute Gasteiger partial charge is 0.322 e. The van der Waals surface area contributed by atoms with Gasteiger partial charge < -0.3 is 16.0 Å². The molecule has 29 heavy (non-hydrogen) atoms. The molecule has 3 N–H and O–H groups in total. The number of hydrogen-bond acceptors (Lipinski definition) is 4. The summed E-state index contributed by atoms with van der Waals surface area (Å²) >= 11 is 0. The standard InChI is InChI=1S/C22H21N5O2/c1-14(15(2)23)21(28)24-18-11-9-16(10-12-18)19-13-20(27(3)26-19)25-22(29)17-7-5-4-6-8-17/h4-13,23H,1H2,2-3H3,(H,24,28)(H,25,29). The van der Waals surface area contributed by atoms with Crippen LogP contribution in [0.5, 0.6) is 0 Å². The molecule has 1 aromatic heterocycles. The van der Waals surface area contributed by atoms with Gasteiger partial charge in [-0.2, -0.15) is 5.10 Å². The van der Waals surface area contributed by atoms with Gasteiger partial charge in [-0.05, 0) is 31.2 Å². The minimum absolute atomic E-state index is 0.123. The topological polar surface area (TPSA) is 99.9 Å². The number of anilines is 2. The number of rotatable bonds is 6. The predicted molar refractivity (Wildman–Crippen MR) is 114 cm³/mol. The van der Waals surface area contributed by atoms with E-state index in [2.05, 4.69) is 22.3 Å². The van der Waals surface area contributed by atoms with Crippen LogP contribution in [-0.4, -0.2) is 27.3 Å². The first-order valence-corrected chi connectivity index (χ1v) is 8.92. The zero-order valence-corrected chi connectivity index (χ0v) is 16.2. The van der Waals surface area contributed by atoms with Gasteiger partial charge >= 0.3 is 0 Å². The summed E-state index contributed by atoms with van der Waals surface area (Å²) < 4.78 is 1.60. The van der Waals surface area contributed by atoms with Gasteiger partial charge in [0.2, 0.25) is 0 Å². The monoisotopic (exact) mass is 387 g/mol. The molecule has 7 nitrogen and oxygen atoms in total. The van der Waals surface area contributed by atoms with Gasteiger partial charge in [0.15, 0.2) is 0 Å². The summed E-state index contributed by atoms with van der Waals surface area (Å²) in [4.78, 5) is 24.3. The van der Waals surface area contributed by atoms with E-state index in [4.69, 9.17) is 5.41 Å². The van der Waals surface area contributed by atoms with Crippen molar-refractivity contribution in [3.63, 3.8) is 0 Å². The summed E-state index contributed by atoms with van der Waals surface area (Å²) in [6, 6.07) is 17.9. The third-order valence-electron chi connectivity index (χ3n) is 4.32. The summed E-state index contributed by atoms with van der Waals surface area (Å²) in [5, 5.41) is 17.5. The van der Waals surface area contributed by atoms with Crippen molar-refractivity contribution in [2.75, 3.05) is 10.6 Å². The van der Waals surface area contributed by atoms with Crippen LogP contribution in [0.1, 0.15) is 17.3 Å². The Morgan fingerprint density at radius 3 is 2.31 bits per heavy atom. The number of nitrogens with one attached hydrogen (secondary N) is 3. The maximum Gasteiger partial charge on any atom is 0.256 e. The van der Waals surface area contributed by atoms with E-state index in [0.29, 0.717) is 22.8 Å². The number of amides is 2. The Bertz CT molecular complexity index is 1080. The van der Waals surface area contributed by atoms with E-state index < -0.39 is 5.91 Å². The SMILES string of the molecule is C=C(C(C)=N)C(=O)Nc1ccc(-c2cc(NC(=O)c3ccccc3)n(C)n2)cc1. The lowest BCUT2D eigenvalue weighted by atomic mass is 10.1. The zero-order valence-electron chi connectivity index (χ0n) is 16.2. The third kappa shape index (κ3) is 4.65. The van der Waals surface area contributed by atoms with E-state index in [1.165, 1.54) is 6.92 Å². The van der Waals surface area contributed by atoms with Crippen LogP contribution >= 0.6 is 0 Å². The first-order chi connectivity index (χ1) is 13.8. The summed E-state index contributed by atoms with van der Waals surface area (Å²) in [7, 11) is 1.75. The second kappa shape index (κ2) is 8.35. The first-order valence-electron chi connectivity index (χ1n) is 8.92. The molecule has 0 saturated heterocycles. The Morgan fingerprint density at radius 1 is 1.03 bits per heavy atom.